The molecule has 6 heteroatoms. The molecule has 0 amide bonds. The molecule has 3 aromatic rings. The van der Waals surface area contributed by atoms with Crippen molar-refractivity contribution in [2.45, 2.75) is 6.54 Å². The highest BCUT2D eigenvalue weighted by Crippen LogP contribution is 2.34. The van der Waals surface area contributed by atoms with Crippen molar-refractivity contribution in [1.82, 2.24) is 19.9 Å². The predicted molar refractivity (Wildman–Crippen MR) is 87.1 cm³/mol. The minimum Gasteiger partial charge on any atom is -0.494 e. The van der Waals surface area contributed by atoms with Crippen LogP contribution in [0.5, 0.6) is 5.88 Å². The second-order valence-corrected chi connectivity index (χ2v) is 5.71. The first-order chi connectivity index (χ1) is 11.3. The van der Waals surface area contributed by atoms with Gasteiger partial charge >= 0.3 is 0 Å². The first kappa shape index (κ1) is 14.2. The highest BCUT2D eigenvalue weighted by molar-refractivity contribution is 5.97. The number of aromatic amines is 1. The van der Waals surface area contributed by atoms with Crippen molar-refractivity contribution in [3.63, 3.8) is 0 Å². The average molecular weight is 310 g/mol. The molecule has 0 bridgehead atoms. The summed E-state index contributed by atoms with van der Waals surface area (Å²) in [6, 6.07) is 5.90. The molecule has 4 rings (SSSR count). The molecule has 0 unspecified atom stereocenters. The number of aromatic nitrogens is 3. The van der Waals surface area contributed by atoms with Gasteiger partial charge in [-0.3, -0.25) is 14.9 Å². The number of ether oxygens (including phenoxy) is 1. The van der Waals surface area contributed by atoms with Crippen LogP contribution in [0.15, 0.2) is 36.8 Å². The van der Waals surface area contributed by atoms with Crippen molar-refractivity contribution in [3.05, 3.63) is 42.4 Å². The number of fused-ring (bicyclic) bond motifs is 1. The molecule has 0 aromatic carbocycles. The number of hydrogen-bond donors (Lipinski definition) is 2. The van der Waals surface area contributed by atoms with E-state index in [0.717, 1.165) is 60.6 Å². The molecular weight excluding hydrogens is 292 g/mol. The zero-order valence-electron chi connectivity index (χ0n) is 12.7. The van der Waals surface area contributed by atoms with E-state index >= 15 is 0 Å². The smallest absolute Gasteiger partial charge is 0.199 e. The molecule has 1 aliphatic heterocycles. The van der Waals surface area contributed by atoms with Gasteiger partial charge in [-0.25, -0.2) is 0 Å². The third kappa shape index (κ3) is 2.78. The largest absolute Gasteiger partial charge is 0.494 e. The van der Waals surface area contributed by atoms with Crippen molar-refractivity contribution in [2.75, 3.05) is 26.3 Å². The molecule has 4 heterocycles. The zero-order valence-corrected chi connectivity index (χ0v) is 12.7. The maximum atomic E-state index is 10.2. The van der Waals surface area contributed by atoms with Gasteiger partial charge in [0.1, 0.15) is 0 Å². The van der Waals surface area contributed by atoms with Gasteiger partial charge in [0, 0.05) is 37.4 Å². The standard InChI is InChI=1S/C17H18N4O2/c22-17-16(13-3-4-18-10-15(13)20-17)14-2-1-12(9-19-14)11-21-5-7-23-8-6-21/h1-4,9-10,20,22H,5-8,11H2. The Labute approximate surface area is 133 Å². The summed E-state index contributed by atoms with van der Waals surface area (Å²) in [5.74, 6) is 0.126. The molecule has 6 nitrogen and oxygen atoms in total. The van der Waals surface area contributed by atoms with Crippen LogP contribution in [0.2, 0.25) is 0 Å². The molecule has 0 radical (unpaired) electrons. The Morgan fingerprint density at radius 3 is 2.83 bits per heavy atom. The minimum absolute atomic E-state index is 0.126. The second kappa shape index (κ2) is 5.98. The van der Waals surface area contributed by atoms with E-state index in [-0.39, 0.29) is 5.88 Å². The van der Waals surface area contributed by atoms with Gasteiger partial charge in [0.05, 0.1) is 36.2 Å². The van der Waals surface area contributed by atoms with Crippen molar-refractivity contribution in [2.24, 2.45) is 0 Å². The second-order valence-electron chi connectivity index (χ2n) is 5.71. The van der Waals surface area contributed by atoms with E-state index < -0.39 is 0 Å². The molecule has 2 N–H and O–H groups in total. The Morgan fingerprint density at radius 2 is 2.04 bits per heavy atom. The van der Waals surface area contributed by atoms with Crippen LogP contribution in [-0.2, 0) is 11.3 Å². The summed E-state index contributed by atoms with van der Waals surface area (Å²) >= 11 is 0. The highest BCUT2D eigenvalue weighted by atomic mass is 16.5. The lowest BCUT2D eigenvalue weighted by Crippen LogP contribution is -2.35. The van der Waals surface area contributed by atoms with Crippen LogP contribution in [0.4, 0.5) is 0 Å². The molecule has 0 aliphatic carbocycles. The van der Waals surface area contributed by atoms with Crippen LogP contribution >= 0.6 is 0 Å². The fraction of sp³-hybridized carbons (Fsp3) is 0.294. The molecule has 118 valence electrons. The Balaban J connectivity index is 1.61. The normalized spacial score (nSPS) is 16.0. The van der Waals surface area contributed by atoms with Crippen molar-refractivity contribution in [1.29, 1.82) is 0 Å². The number of rotatable bonds is 3. The lowest BCUT2D eigenvalue weighted by molar-refractivity contribution is 0.0341. The maximum absolute atomic E-state index is 10.2. The summed E-state index contributed by atoms with van der Waals surface area (Å²) < 4.78 is 5.37. The molecule has 0 atom stereocenters. The van der Waals surface area contributed by atoms with Gasteiger partial charge in [-0.05, 0) is 17.7 Å². The number of H-pyrrole nitrogens is 1. The number of nitrogens with one attached hydrogen (secondary N) is 1. The molecule has 1 fully saturated rings. The number of nitrogens with zero attached hydrogens (tertiary/aromatic N) is 3. The Morgan fingerprint density at radius 1 is 1.17 bits per heavy atom. The SMILES string of the molecule is Oc1[nH]c2cnccc2c1-c1ccc(CN2CCOCC2)cn1. The van der Waals surface area contributed by atoms with Crippen molar-refractivity contribution < 1.29 is 9.84 Å². The van der Waals surface area contributed by atoms with Crippen molar-refractivity contribution in [3.8, 4) is 17.1 Å². The lowest BCUT2D eigenvalue weighted by Gasteiger charge is -2.26. The third-order valence-corrected chi connectivity index (χ3v) is 4.17. The first-order valence-corrected chi connectivity index (χ1v) is 7.71. The summed E-state index contributed by atoms with van der Waals surface area (Å²) in [7, 11) is 0. The highest BCUT2D eigenvalue weighted by Gasteiger charge is 2.15. The van der Waals surface area contributed by atoms with Gasteiger partial charge in [-0.2, -0.15) is 0 Å². The van der Waals surface area contributed by atoms with E-state index in [1.165, 1.54) is 0 Å². The molecule has 3 aromatic heterocycles. The van der Waals surface area contributed by atoms with Crippen LogP contribution < -0.4 is 0 Å². The van der Waals surface area contributed by atoms with Gasteiger partial charge in [0.25, 0.3) is 0 Å². The van der Waals surface area contributed by atoms with E-state index in [0.29, 0.717) is 0 Å². The fourth-order valence-electron chi connectivity index (χ4n) is 2.97. The third-order valence-electron chi connectivity index (χ3n) is 4.17. The van der Waals surface area contributed by atoms with E-state index in [1.54, 1.807) is 12.4 Å². The summed E-state index contributed by atoms with van der Waals surface area (Å²) in [6.07, 6.45) is 5.29. The van der Waals surface area contributed by atoms with Crippen LogP contribution in [0.1, 0.15) is 5.56 Å². The number of hydrogen-bond acceptors (Lipinski definition) is 5. The predicted octanol–water partition coefficient (Wildman–Crippen LogP) is 2.16. The molecular formula is C17H18N4O2. The Bertz CT molecular complexity index is 807. The van der Waals surface area contributed by atoms with Crippen LogP contribution in [0.25, 0.3) is 22.2 Å². The van der Waals surface area contributed by atoms with Crippen LogP contribution in [0.3, 0.4) is 0 Å². The average Bonchev–Trinajstić information content (AvgIpc) is 2.92. The Hall–Kier alpha value is -2.44. The van der Waals surface area contributed by atoms with E-state index in [9.17, 15) is 5.11 Å². The summed E-state index contributed by atoms with van der Waals surface area (Å²) in [5, 5.41) is 11.1. The summed E-state index contributed by atoms with van der Waals surface area (Å²) in [5.41, 5.74) is 3.45. The van der Waals surface area contributed by atoms with Crippen LogP contribution in [0, 0.1) is 0 Å². The van der Waals surface area contributed by atoms with Gasteiger partial charge in [-0.1, -0.05) is 6.07 Å². The van der Waals surface area contributed by atoms with E-state index in [2.05, 4.69) is 25.9 Å². The fourth-order valence-corrected chi connectivity index (χ4v) is 2.97. The quantitative estimate of drug-likeness (QED) is 0.775. The number of pyridine rings is 2. The lowest BCUT2D eigenvalue weighted by atomic mass is 10.1. The zero-order chi connectivity index (χ0) is 15.6. The van der Waals surface area contributed by atoms with E-state index in [1.807, 2.05) is 18.3 Å². The topological polar surface area (TPSA) is 74.3 Å². The Kier molecular flexibility index (Phi) is 3.69. The number of morpholine rings is 1. The molecule has 0 saturated carbocycles. The monoisotopic (exact) mass is 310 g/mol. The summed E-state index contributed by atoms with van der Waals surface area (Å²) in [4.78, 5) is 13.9. The van der Waals surface area contributed by atoms with E-state index in [4.69, 9.17) is 4.74 Å². The van der Waals surface area contributed by atoms with Crippen LogP contribution in [-0.4, -0.2) is 51.3 Å². The van der Waals surface area contributed by atoms with Gasteiger partial charge in [0.15, 0.2) is 5.88 Å². The van der Waals surface area contributed by atoms with Crippen molar-refractivity contribution >= 4 is 10.9 Å². The first-order valence-electron chi connectivity index (χ1n) is 7.71. The maximum Gasteiger partial charge on any atom is 0.199 e. The number of aromatic hydroxyl groups is 1. The summed E-state index contributed by atoms with van der Waals surface area (Å²) in [6.45, 7) is 4.38. The molecule has 1 saturated heterocycles. The van der Waals surface area contributed by atoms with Gasteiger partial charge in [0.2, 0.25) is 0 Å². The molecule has 0 spiro atoms. The molecule has 1 aliphatic rings. The minimum atomic E-state index is 0.126. The van der Waals surface area contributed by atoms with Gasteiger partial charge in [-0.15, -0.1) is 0 Å². The molecule has 23 heavy (non-hydrogen) atoms. The van der Waals surface area contributed by atoms with Gasteiger partial charge < -0.3 is 14.8 Å².